The minimum Gasteiger partial charge on any atom is -0.354 e. The second-order valence-corrected chi connectivity index (χ2v) is 11.7. The van der Waals surface area contributed by atoms with Gasteiger partial charge in [-0.2, -0.15) is 0 Å². The highest BCUT2D eigenvalue weighted by Crippen LogP contribution is 2.26. The van der Waals surface area contributed by atoms with Crippen molar-refractivity contribution in [3.63, 3.8) is 0 Å². The molecule has 0 fully saturated rings. The maximum atomic E-state index is 14.0. The highest BCUT2D eigenvalue weighted by Gasteiger charge is 2.33. The fraction of sp³-hybridized carbons (Fsp3) is 0.310. The molecule has 0 radical (unpaired) electrons. The first-order valence-electron chi connectivity index (χ1n) is 12.8. The summed E-state index contributed by atoms with van der Waals surface area (Å²) in [6, 6.07) is 20.4. The molecule has 39 heavy (non-hydrogen) atoms. The van der Waals surface area contributed by atoms with Gasteiger partial charge in [0.15, 0.2) is 0 Å². The lowest BCUT2D eigenvalue weighted by Crippen LogP contribution is -2.52. The predicted molar refractivity (Wildman–Crippen MR) is 156 cm³/mol. The van der Waals surface area contributed by atoms with E-state index >= 15 is 0 Å². The summed E-state index contributed by atoms with van der Waals surface area (Å²) in [6.07, 6.45) is 2.05. The van der Waals surface area contributed by atoms with Crippen LogP contribution in [0.5, 0.6) is 0 Å². The number of halogens is 2. The highest BCUT2D eigenvalue weighted by atomic mass is 35.5. The number of anilines is 1. The minimum absolute atomic E-state index is 0.0368. The van der Waals surface area contributed by atoms with Gasteiger partial charge in [-0.25, -0.2) is 8.42 Å². The standard InChI is InChI=1S/C29H33Cl2N3O4S/c1-3-5-19-32-29(36)27(4-2)33(20-22-11-9-10-14-26(22)31)28(35)21-34(24-17-15-23(30)16-18-24)39(37,38)25-12-7-6-8-13-25/h6-18,27H,3-5,19-21H2,1-2H3,(H,32,36). The Morgan fingerprint density at radius 1 is 0.897 bits per heavy atom. The van der Waals surface area contributed by atoms with Crippen molar-refractivity contribution in [1.29, 1.82) is 0 Å². The molecule has 1 atom stereocenters. The first-order chi connectivity index (χ1) is 18.7. The summed E-state index contributed by atoms with van der Waals surface area (Å²) in [4.78, 5) is 28.6. The number of hydrogen-bond acceptors (Lipinski definition) is 4. The molecule has 0 aliphatic carbocycles. The van der Waals surface area contributed by atoms with Gasteiger partial charge in [0.1, 0.15) is 12.6 Å². The van der Waals surface area contributed by atoms with E-state index in [0.29, 0.717) is 28.6 Å². The van der Waals surface area contributed by atoms with Gasteiger partial charge in [0.25, 0.3) is 10.0 Å². The molecule has 1 unspecified atom stereocenters. The molecule has 0 heterocycles. The molecule has 7 nitrogen and oxygen atoms in total. The third kappa shape index (κ3) is 7.97. The molecule has 10 heteroatoms. The molecule has 0 bridgehead atoms. The van der Waals surface area contributed by atoms with Gasteiger partial charge in [-0.05, 0) is 60.9 Å². The van der Waals surface area contributed by atoms with Gasteiger partial charge < -0.3 is 10.2 Å². The van der Waals surface area contributed by atoms with E-state index in [-0.39, 0.29) is 23.0 Å². The zero-order valence-electron chi connectivity index (χ0n) is 22.0. The second-order valence-electron chi connectivity index (χ2n) is 8.98. The van der Waals surface area contributed by atoms with E-state index in [0.717, 1.165) is 17.1 Å². The largest absolute Gasteiger partial charge is 0.354 e. The minimum atomic E-state index is -4.13. The van der Waals surface area contributed by atoms with Gasteiger partial charge >= 0.3 is 0 Å². The van der Waals surface area contributed by atoms with Crippen LogP contribution in [0.3, 0.4) is 0 Å². The quantitative estimate of drug-likeness (QED) is 0.251. The van der Waals surface area contributed by atoms with Crippen LogP contribution in [0.4, 0.5) is 5.69 Å². The fourth-order valence-electron chi connectivity index (χ4n) is 4.09. The van der Waals surface area contributed by atoms with Crippen molar-refractivity contribution >= 4 is 50.7 Å². The third-order valence-electron chi connectivity index (χ3n) is 6.24. The molecule has 0 aliphatic rings. The molecule has 3 rings (SSSR count). The summed E-state index contributed by atoms with van der Waals surface area (Å²) in [5.41, 5.74) is 0.922. The van der Waals surface area contributed by atoms with E-state index in [4.69, 9.17) is 23.2 Å². The molecule has 3 aromatic rings. The molecular weight excluding hydrogens is 557 g/mol. The summed E-state index contributed by atoms with van der Waals surface area (Å²) < 4.78 is 28.6. The zero-order valence-corrected chi connectivity index (χ0v) is 24.3. The van der Waals surface area contributed by atoms with Crippen LogP contribution in [0, 0.1) is 0 Å². The number of nitrogens with one attached hydrogen (secondary N) is 1. The number of carbonyl (C=O) groups excluding carboxylic acids is 2. The number of rotatable bonds is 13. The van der Waals surface area contributed by atoms with Gasteiger partial charge in [-0.3, -0.25) is 13.9 Å². The summed E-state index contributed by atoms with van der Waals surface area (Å²) in [7, 11) is -4.13. The molecule has 2 amide bonds. The van der Waals surface area contributed by atoms with E-state index in [1.165, 1.54) is 17.0 Å². The van der Waals surface area contributed by atoms with Gasteiger partial charge in [-0.15, -0.1) is 0 Å². The Labute approximate surface area is 240 Å². The zero-order chi connectivity index (χ0) is 28.4. The Balaban J connectivity index is 2.02. The Morgan fingerprint density at radius 3 is 2.15 bits per heavy atom. The van der Waals surface area contributed by atoms with Crippen LogP contribution in [0.15, 0.2) is 83.8 Å². The summed E-state index contributed by atoms with van der Waals surface area (Å²) >= 11 is 12.5. The lowest BCUT2D eigenvalue weighted by atomic mass is 10.1. The number of unbranched alkanes of at least 4 members (excludes halogenated alkanes) is 1. The molecule has 0 spiro atoms. The van der Waals surface area contributed by atoms with E-state index in [2.05, 4.69) is 5.32 Å². The van der Waals surface area contributed by atoms with Crippen molar-refractivity contribution in [1.82, 2.24) is 10.2 Å². The van der Waals surface area contributed by atoms with Crippen LogP contribution in [-0.2, 0) is 26.2 Å². The molecule has 0 aliphatic heterocycles. The van der Waals surface area contributed by atoms with E-state index in [1.807, 2.05) is 13.8 Å². The van der Waals surface area contributed by atoms with Crippen molar-refractivity contribution in [3.8, 4) is 0 Å². The lowest BCUT2D eigenvalue weighted by Gasteiger charge is -2.33. The SMILES string of the molecule is CCCCNC(=O)C(CC)N(Cc1ccccc1Cl)C(=O)CN(c1ccc(Cl)cc1)S(=O)(=O)c1ccccc1. The van der Waals surface area contributed by atoms with Crippen molar-refractivity contribution < 1.29 is 18.0 Å². The van der Waals surface area contributed by atoms with Gasteiger partial charge in [0.05, 0.1) is 10.6 Å². The van der Waals surface area contributed by atoms with Gasteiger partial charge in [0.2, 0.25) is 11.8 Å². The van der Waals surface area contributed by atoms with Crippen LogP contribution >= 0.6 is 23.2 Å². The topological polar surface area (TPSA) is 86.8 Å². The Morgan fingerprint density at radius 2 is 1.54 bits per heavy atom. The number of sulfonamides is 1. The fourth-order valence-corrected chi connectivity index (χ4v) is 5.85. The summed E-state index contributed by atoms with van der Waals surface area (Å²) in [5, 5.41) is 3.78. The normalized spacial score (nSPS) is 12.0. The maximum absolute atomic E-state index is 14.0. The smallest absolute Gasteiger partial charge is 0.264 e. The average Bonchev–Trinajstić information content (AvgIpc) is 2.93. The molecule has 0 saturated heterocycles. The van der Waals surface area contributed by atoms with Gasteiger partial charge in [0, 0.05) is 23.1 Å². The predicted octanol–water partition coefficient (Wildman–Crippen LogP) is 5.91. The van der Waals surface area contributed by atoms with Crippen LogP contribution < -0.4 is 9.62 Å². The highest BCUT2D eigenvalue weighted by molar-refractivity contribution is 7.92. The molecule has 208 valence electrons. The first-order valence-corrected chi connectivity index (χ1v) is 15.0. The van der Waals surface area contributed by atoms with Crippen LogP contribution in [0.1, 0.15) is 38.7 Å². The lowest BCUT2D eigenvalue weighted by molar-refractivity contribution is -0.140. The maximum Gasteiger partial charge on any atom is 0.264 e. The first kappa shape index (κ1) is 30.5. The van der Waals surface area contributed by atoms with Crippen molar-refractivity contribution in [2.75, 3.05) is 17.4 Å². The van der Waals surface area contributed by atoms with Crippen molar-refractivity contribution in [2.24, 2.45) is 0 Å². The number of amides is 2. The number of carbonyl (C=O) groups is 2. The van der Waals surface area contributed by atoms with Crippen LogP contribution in [-0.4, -0.2) is 44.3 Å². The summed E-state index contributed by atoms with van der Waals surface area (Å²) in [5.74, 6) is -0.836. The van der Waals surface area contributed by atoms with Crippen LogP contribution in [0.25, 0.3) is 0 Å². The molecule has 3 aromatic carbocycles. The van der Waals surface area contributed by atoms with E-state index < -0.39 is 28.5 Å². The second kappa shape index (κ2) is 14.4. The Kier molecular flexibility index (Phi) is 11.2. The molecule has 0 aromatic heterocycles. The average molecular weight is 591 g/mol. The number of benzene rings is 3. The summed E-state index contributed by atoms with van der Waals surface area (Å²) in [6.45, 7) is 3.84. The monoisotopic (exact) mass is 589 g/mol. The number of nitrogens with zero attached hydrogens (tertiary/aromatic N) is 2. The van der Waals surface area contributed by atoms with Crippen molar-refractivity contribution in [2.45, 2.75) is 50.6 Å². The Hall–Kier alpha value is -3.07. The third-order valence-corrected chi connectivity index (χ3v) is 8.65. The van der Waals surface area contributed by atoms with Gasteiger partial charge in [-0.1, -0.05) is 79.9 Å². The Bertz CT molecular complexity index is 1350. The molecular formula is C29H33Cl2N3O4S. The molecule has 0 saturated carbocycles. The van der Waals surface area contributed by atoms with E-state index in [9.17, 15) is 18.0 Å². The molecule has 1 N–H and O–H groups in total. The van der Waals surface area contributed by atoms with E-state index in [1.54, 1.807) is 66.7 Å². The van der Waals surface area contributed by atoms with Crippen LogP contribution in [0.2, 0.25) is 10.0 Å². The number of hydrogen-bond donors (Lipinski definition) is 1. The van der Waals surface area contributed by atoms with Crippen molar-refractivity contribution in [3.05, 3.63) is 94.5 Å².